The number of carbonyl (C=O) groups is 1. The number of carbonyl (C=O) groups excluding carboxylic acids is 1. The minimum atomic E-state index is -0.345. The van der Waals surface area contributed by atoms with E-state index in [1.807, 2.05) is 20.8 Å². The van der Waals surface area contributed by atoms with Crippen molar-refractivity contribution in [2.24, 2.45) is 5.92 Å². The van der Waals surface area contributed by atoms with Gasteiger partial charge in [-0.15, -0.1) is 0 Å². The number of ketones is 1. The lowest BCUT2D eigenvalue weighted by Crippen LogP contribution is -2.42. The lowest BCUT2D eigenvalue weighted by Gasteiger charge is -2.37. The number of Topliss-reactive ketones (excluding diaryl/α,β-unsaturated/α-hetero) is 1. The molecule has 1 aliphatic heterocycles. The predicted octanol–water partition coefficient (Wildman–Crippen LogP) is 4.21. The van der Waals surface area contributed by atoms with E-state index in [2.05, 4.69) is 21.8 Å². The molecule has 2 heterocycles. The molecule has 0 radical (unpaired) electrons. The fourth-order valence-corrected chi connectivity index (χ4v) is 3.75. The smallest absolute Gasteiger partial charge is 0.237 e. The number of hydrogen-bond donors (Lipinski definition) is 0. The Bertz CT molecular complexity index is 850. The maximum absolute atomic E-state index is 13.9. The van der Waals surface area contributed by atoms with Crippen molar-refractivity contribution in [2.75, 3.05) is 6.54 Å². The first kappa shape index (κ1) is 21.4. The molecule has 2 atom stereocenters. The average molecular weight is 400 g/mol. The fourth-order valence-electron chi connectivity index (χ4n) is 3.75. The maximum Gasteiger partial charge on any atom is 0.237 e. The third-order valence-corrected chi connectivity index (χ3v) is 5.28. The molecule has 156 valence electrons. The molecule has 0 amide bonds. The van der Waals surface area contributed by atoms with Crippen LogP contribution in [0.2, 0.25) is 0 Å². The summed E-state index contributed by atoms with van der Waals surface area (Å²) < 4.78 is 19.8. The van der Waals surface area contributed by atoms with Crippen LogP contribution in [0.5, 0.6) is 5.88 Å². The normalized spacial score (nSPS) is 20.4. The van der Waals surface area contributed by atoms with Crippen LogP contribution in [0.3, 0.4) is 0 Å². The molecule has 5 nitrogen and oxygen atoms in total. The van der Waals surface area contributed by atoms with E-state index in [0.29, 0.717) is 18.0 Å². The minimum absolute atomic E-state index is 0.0343. The Labute approximate surface area is 172 Å². The van der Waals surface area contributed by atoms with Gasteiger partial charge in [-0.1, -0.05) is 18.2 Å². The van der Waals surface area contributed by atoms with Gasteiger partial charge in [0.2, 0.25) is 5.88 Å². The zero-order valence-corrected chi connectivity index (χ0v) is 17.7. The third kappa shape index (κ3) is 5.82. The topological polar surface area (TPSA) is 55.3 Å². The van der Waals surface area contributed by atoms with Gasteiger partial charge in [-0.3, -0.25) is 14.7 Å². The summed E-state index contributed by atoms with van der Waals surface area (Å²) in [5.74, 6) is 0.344. The summed E-state index contributed by atoms with van der Waals surface area (Å²) in [4.78, 5) is 23.9. The van der Waals surface area contributed by atoms with Crippen LogP contribution < -0.4 is 4.74 Å². The number of rotatable bonds is 6. The number of benzene rings is 1. The molecule has 0 bridgehead atoms. The van der Waals surface area contributed by atoms with Crippen molar-refractivity contribution in [3.05, 3.63) is 53.7 Å². The molecular formula is C23H30FN3O2. The number of halogens is 1. The molecule has 0 aliphatic carbocycles. The van der Waals surface area contributed by atoms with Crippen LogP contribution in [-0.2, 0) is 17.8 Å². The van der Waals surface area contributed by atoms with E-state index < -0.39 is 0 Å². The maximum atomic E-state index is 13.9. The Morgan fingerprint density at radius 1 is 1.24 bits per heavy atom. The molecule has 1 aromatic heterocycles. The van der Waals surface area contributed by atoms with Crippen LogP contribution in [0.1, 0.15) is 51.8 Å². The first-order valence-corrected chi connectivity index (χ1v) is 10.2. The molecule has 6 heteroatoms. The van der Waals surface area contributed by atoms with Crippen LogP contribution in [0.15, 0.2) is 36.7 Å². The summed E-state index contributed by atoms with van der Waals surface area (Å²) in [5.41, 5.74) is 0.948. The first-order valence-electron chi connectivity index (χ1n) is 10.2. The van der Waals surface area contributed by atoms with Crippen molar-refractivity contribution >= 4 is 5.78 Å². The molecule has 1 aromatic carbocycles. The SMILES string of the molecule is CC1CC(C(=O)Cc2ccccc2F)CCN1Cc1nccnc1OC(C)(C)C. The predicted molar refractivity (Wildman–Crippen MR) is 110 cm³/mol. The second-order valence-corrected chi connectivity index (χ2v) is 8.80. The van der Waals surface area contributed by atoms with Gasteiger partial charge < -0.3 is 4.74 Å². The molecule has 2 aromatic rings. The Morgan fingerprint density at radius 2 is 1.97 bits per heavy atom. The van der Waals surface area contributed by atoms with E-state index >= 15 is 0 Å². The highest BCUT2D eigenvalue weighted by atomic mass is 19.1. The van der Waals surface area contributed by atoms with E-state index in [-0.39, 0.29) is 35.6 Å². The summed E-state index contributed by atoms with van der Waals surface area (Å²) >= 11 is 0. The lowest BCUT2D eigenvalue weighted by molar-refractivity contribution is -0.124. The van der Waals surface area contributed by atoms with Gasteiger partial charge in [-0.05, 0) is 58.7 Å². The van der Waals surface area contributed by atoms with Crippen LogP contribution in [0.25, 0.3) is 0 Å². The van der Waals surface area contributed by atoms with E-state index in [0.717, 1.165) is 25.1 Å². The molecule has 1 aliphatic rings. The van der Waals surface area contributed by atoms with Crippen molar-refractivity contribution in [2.45, 2.75) is 65.1 Å². The summed E-state index contributed by atoms with van der Waals surface area (Å²) in [6.45, 7) is 9.51. The molecule has 2 unspecified atom stereocenters. The average Bonchev–Trinajstić information content (AvgIpc) is 2.65. The van der Waals surface area contributed by atoms with Crippen molar-refractivity contribution < 1.29 is 13.9 Å². The lowest BCUT2D eigenvalue weighted by atomic mass is 9.85. The molecule has 3 rings (SSSR count). The van der Waals surface area contributed by atoms with Crippen LogP contribution in [-0.4, -0.2) is 38.8 Å². The zero-order chi connectivity index (χ0) is 21.0. The quantitative estimate of drug-likeness (QED) is 0.728. The van der Waals surface area contributed by atoms with Crippen LogP contribution in [0.4, 0.5) is 4.39 Å². The molecular weight excluding hydrogens is 369 g/mol. The summed E-state index contributed by atoms with van der Waals surface area (Å²) in [6, 6.07) is 6.74. The zero-order valence-electron chi connectivity index (χ0n) is 17.7. The Balaban J connectivity index is 1.61. The number of ether oxygens (including phenoxy) is 1. The molecule has 0 saturated carbocycles. The second-order valence-electron chi connectivity index (χ2n) is 8.80. The van der Waals surface area contributed by atoms with Gasteiger partial charge >= 0.3 is 0 Å². The van der Waals surface area contributed by atoms with E-state index in [9.17, 15) is 9.18 Å². The Morgan fingerprint density at radius 3 is 2.66 bits per heavy atom. The van der Waals surface area contributed by atoms with E-state index in [1.54, 1.807) is 30.6 Å². The summed E-state index contributed by atoms with van der Waals surface area (Å²) in [6.07, 6.45) is 5.02. The molecule has 29 heavy (non-hydrogen) atoms. The number of nitrogens with zero attached hydrogens (tertiary/aromatic N) is 3. The monoisotopic (exact) mass is 399 g/mol. The van der Waals surface area contributed by atoms with Gasteiger partial charge in [0.1, 0.15) is 22.9 Å². The van der Waals surface area contributed by atoms with Crippen molar-refractivity contribution in [1.29, 1.82) is 0 Å². The largest absolute Gasteiger partial charge is 0.471 e. The van der Waals surface area contributed by atoms with Crippen LogP contribution >= 0.6 is 0 Å². The number of likely N-dealkylation sites (tertiary alicyclic amines) is 1. The van der Waals surface area contributed by atoms with Gasteiger partial charge in [0.05, 0.1) is 0 Å². The standard InChI is InChI=1S/C23H30FN3O2/c1-16-13-18(21(28)14-17-7-5-6-8-19(17)24)9-12-27(16)15-20-22(26-11-10-25-20)29-23(2,3)4/h5-8,10-11,16,18H,9,12-15H2,1-4H3. The first-order chi connectivity index (χ1) is 13.7. The Hall–Kier alpha value is -2.34. The van der Waals surface area contributed by atoms with Crippen LogP contribution in [0, 0.1) is 11.7 Å². The third-order valence-electron chi connectivity index (χ3n) is 5.28. The number of hydrogen-bond acceptors (Lipinski definition) is 5. The molecule has 0 N–H and O–H groups in total. The van der Waals surface area contributed by atoms with Crippen molar-refractivity contribution in [3.63, 3.8) is 0 Å². The van der Waals surface area contributed by atoms with Gasteiger partial charge in [-0.25, -0.2) is 9.37 Å². The number of piperidine rings is 1. The molecule has 1 saturated heterocycles. The summed E-state index contributed by atoms with van der Waals surface area (Å²) in [7, 11) is 0. The van der Waals surface area contributed by atoms with Crippen molar-refractivity contribution in [1.82, 2.24) is 14.9 Å². The Kier molecular flexibility index (Phi) is 6.63. The van der Waals surface area contributed by atoms with Gasteiger partial charge in [0.15, 0.2) is 0 Å². The van der Waals surface area contributed by atoms with E-state index in [4.69, 9.17) is 4.74 Å². The van der Waals surface area contributed by atoms with E-state index in [1.165, 1.54) is 6.07 Å². The highest BCUT2D eigenvalue weighted by molar-refractivity contribution is 5.83. The highest BCUT2D eigenvalue weighted by Crippen LogP contribution is 2.28. The van der Waals surface area contributed by atoms with Crippen molar-refractivity contribution in [3.8, 4) is 5.88 Å². The molecule has 1 fully saturated rings. The number of aromatic nitrogens is 2. The highest BCUT2D eigenvalue weighted by Gasteiger charge is 2.31. The minimum Gasteiger partial charge on any atom is -0.471 e. The van der Waals surface area contributed by atoms with Gasteiger partial charge in [-0.2, -0.15) is 0 Å². The molecule has 0 spiro atoms. The van der Waals surface area contributed by atoms with Gasteiger partial charge in [0.25, 0.3) is 0 Å². The second kappa shape index (κ2) is 8.99. The summed E-state index contributed by atoms with van der Waals surface area (Å²) in [5, 5.41) is 0. The fraction of sp³-hybridized carbons (Fsp3) is 0.522. The van der Waals surface area contributed by atoms with Gasteiger partial charge in [0, 0.05) is 37.3 Å².